The third-order valence-corrected chi connectivity index (χ3v) is 4.09. The number of nitrogens with zero attached hydrogens (tertiary/aromatic N) is 1. The Morgan fingerprint density at radius 3 is 2.59 bits per heavy atom. The summed E-state index contributed by atoms with van der Waals surface area (Å²) in [6.07, 6.45) is 6.53. The number of imidazole rings is 1. The van der Waals surface area contributed by atoms with Gasteiger partial charge >= 0.3 is 0 Å². The van der Waals surface area contributed by atoms with Gasteiger partial charge in [-0.3, -0.25) is 4.79 Å². The van der Waals surface area contributed by atoms with Crippen molar-refractivity contribution in [1.29, 1.82) is 0 Å². The number of hydrogen-bond acceptors (Lipinski definition) is 4. The second-order valence-corrected chi connectivity index (χ2v) is 5.98. The van der Waals surface area contributed by atoms with E-state index in [9.17, 15) is 4.79 Å². The molecule has 0 fully saturated rings. The predicted octanol–water partition coefficient (Wildman–Crippen LogP) is 4.40. The number of hydrogen-bond donors (Lipinski definition) is 2. The van der Waals surface area contributed by atoms with Crippen molar-refractivity contribution < 1.29 is 14.3 Å². The largest absolute Gasteiger partial charge is 0.493 e. The van der Waals surface area contributed by atoms with E-state index in [0.29, 0.717) is 22.2 Å². The zero-order chi connectivity index (χ0) is 19.2. The van der Waals surface area contributed by atoms with Crippen molar-refractivity contribution in [3.63, 3.8) is 0 Å². The van der Waals surface area contributed by atoms with Crippen LogP contribution in [0.15, 0.2) is 54.9 Å². The van der Waals surface area contributed by atoms with E-state index < -0.39 is 0 Å². The highest BCUT2D eigenvalue weighted by Gasteiger charge is 2.10. The zero-order valence-electron chi connectivity index (χ0n) is 14.8. The van der Waals surface area contributed by atoms with Gasteiger partial charge in [0.1, 0.15) is 5.82 Å². The summed E-state index contributed by atoms with van der Waals surface area (Å²) in [5, 5.41) is 3.21. The van der Waals surface area contributed by atoms with Crippen molar-refractivity contribution in [2.24, 2.45) is 0 Å². The number of ether oxygens (including phenoxy) is 2. The van der Waals surface area contributed by atoms with Gasteiger partial charge in [-0.25, -0.2) is 4.98 Å². The SMILES string of the molecule is COc1cc(C=CC(=O)Nc2ccc(-c3ncc[nH]3)cc2)cc(Cl)c1OC. The molecule has 0 saturated carbocycles. The molecule has 27 heavy (non-hydrogen) atoms. The quantitative estimate of drug-likeness (QED) is 0.618. The molecule has 1 heterocycles. The number of aromatic amines is 1. The summed E-state index contributed by atoms with van der Waals surface area (Å²) in [5.74, 6) is 1.47. The van der Waals surface area contributed by atoms with Crippen molar-refractivity contribution in [3.8, 4) is 22.9 Å². The van der Waals surface area contributed by atoms with Crippen LogP contribution in [0, 0.1) is 0 Å². The maximum absolute atomic E-state index is 12.2. The van der Waals surface area contributed by atoms with E-state index in [-0.39, 0.29) is 5.91 Å². The lowest BCUT2D eigenvalue weighted by Gasteiger charge is -2.10. The van der Waals surface area contributed by atoms with E-state index in [1.807, 2.05) is 24.3 Å². The van der Waals surface area contributed by atoms with Crippen LogP contribution < -0.4 is 14.8 Å². The van der Waals surface area contributed by atoms with Gasteiger partial charge in [-0.2, -0.15) is 0 Å². The van der Waals surface area contributed by atoms with Crippen LogP contribution in [0.4, 0.5) is 5.69 Å². The number of rotatable bonds is 6. The fourth-order valence-corrected chi connectivity index (χ4v) is 2.82. The first-order valence-electron chi connectivity index (χ1n) is 8.11. The van der Waals surface area contributed by atoms with E-state index in [4.69, 9.17) is 21.1 Å². The summed E-state index contributed by atoms with van der Waals surface area (Å²) < 4.78 is 10.4. The third kappa shape index (κ3) is 4.48. The molecule has 0 saturated heterocycles. The summed E-state index contributed by atoms with van der Waals surface area (Å²) in [4.78, 5) is 19.4. The molecule has 0 aliphatic carbocycles. The van der Waals surface area contributed by atoms with Gasteiger partial charge in [0.15, 0.2) is 11.5 Å². The third-order valence-electron chi connectivity index (χ3n) is 3.81. The topological polar surface area (TPSA) is 76.2 Å². The smallest absolute Gasteiger partial charge is 0.248 e. The zero-order valence-corrected chi connectivity index (χ0v) is 15.6. The molecule has 7 heteroatoms. The van der Waals surface area contributed by atoms with Gasteiger partial charge in [-0.15, -0.1) is 0 Å². The van der Waals surface area contributed by atoms with E-state index in [0.717, 1.165) is 17.0 Å². The lowest BCUT2D eigenvalue weighted by atomic mass is 10.1. The molecule has 2 N–H and O–H groups in total. The van der Waals surface area contributed by atoms with Gasteiger partial charge in [-0.1, -0.05) is 11.6 Å². The molecule has 3 aromatic rings. The minimum Gasteiger partial charge on any atom is -0.493 e. The second-order valence-electron chi connectivity index (χ2n) is 5.58. The molecular weight excluding hydrogens is 366 g/mol. The molecule has 138 valence electrons. The standard InChI is InChI=1S/C20H18ClN3O3/c1-26-17-12-13(11-16(21)19(17)27-2)3-8-18(25)24-15-6-4-14(5-7-15)20-22-9-10-23-20/h3-12H,1-2H3,(H,22,23)(H,24,25). The molecule has 0 aliphatic heterocycles. The second kappa shape index (κ2) is 8.42. The minimum absolute atomic E-state index is 0.258. The highest BCUT2D eigenvalue weighted by atomic mass is 35.5. The highest BCUT2D eigenvalue weighted by Crippen LogP contribution is 2.36. The Hall–Kier alpha value is -3.25. The van der Waals surface area contributed by atoms with Gasteiger partial charge in [0.05, 0.1) is 19.2 Å². The van der Waals surface area contributed by atoms with Gasteiger partial charge in [0, 0.05) is 29.7 Å². The Bertz CT molecular complexity index is 951. The average Bonchev–Trinajstić information content (AvgIpc) is 3.21. The average molecular weight is 384 g/mol. The Kier molecular flexibility index (Phi) is 5.78. The maximum Gasteiger partial charge on any atom is 0.248 e. The molecule has 0 bridgehead atoms. The molecule has 0 spiro atoms. The number of amides is 1. The summed E-state index contributed by atoms with van der Waals surface area (Å²) in [6.45, 7) is 0. The highest BCUT2D eigenvalue weighted by molar-refractivity contribution is 6.32. The molecule has 1 aromatic heterocycles. The van der Waals surface area contributed by atoms with E-state index in [2.05, 4.69) is 15.3 Å². The molecular formula is C20H18ClN3O3. The van der Waals surface area contributed by atoms with Crippen LogP contribution in [-0.4, -0.2) is 30.1 Å². The number of H-pyrrole nitrogens is 1. The Labute approximate surface area is 161 Å². The van der Waals surface area contributed by atoms with Gasteiger partial charge in [0.25, 0.3) is 0 Å². The Balaban J connectivity index is 1.68. The van der Waals surface area contributed by atoms with Crippen LogP contribution in [0.3, 0.4) is 0 Å². The van der Waals surface area contributed by atoms with Crippen LogP contribution in [0.1, 0.15) is 5.56 Å². The fourth-order valence-electron chi connectivity index (χ4n) is 2.52. The first-order chi connectivity index (χ1) is 13.1. The normalized spacial score (nSPS) is 10.8. The van der Waals surface area contributed by atoms with Crippen molar-refractivity contribution in [3.05, 3.63) is 65.5 Å². The molecule has 3 rings (SSSR count). The Morgan fingerprint density at radius 1 is 1.19 bits per heavy atom. The van der Waals surface area contributed by atoms with Crippen molar-refractivity contribution >= 4 is 29.3 Å². The number of nitrogens with one attached hydrogen (secondary N) is 2. The number of aromatic nitrogens is 2. The van der Waals surface area contributed by atoms with E-state index in [1.165, 1.54) is 20.3 Å². The number of anilines is 1. The fraction of sp³-hybridized carbons (Fsp3) is 0.100. The summed E-state index contributed by atoms with van der Waals surface area (Å²) in [7, 11) is 3.05. The maximum atomic E-state index is 12.2. The first kappa shape index (κ1) is 18.5. The van der Waals surface area contributed by atoms with Gasteiger partial charge in [0.2, 0.25) is 5.91 Å². The van der Waals surface area contributed by atoms with Crippen LogP contribution in [0.25, 0.3) is 17.5 Å². The molecule has 0 unspecified atom stereocenters. The van der Waals surface area contributed by atoms with E-state index in [1.54, 1.807) is 30.6 Å². The predicted molar refractivity (Wildman–Crippen MR) is 106 cm³/mol. The lowest BCUT2D eigenvalue weighted by molar-refractivity contribution is -0.111. The lowest BCUT2D eigenvalue weighted by Crippen LogP contribution is -2.07. The molecule has 1 amide bonds. The summed E-state index contributed by atoms with van der Waals surface area (Å²) in [6, 6.07) is 10.8. The van der Waals surface area contributed by atoms with E-state index >= 15 is 0 Å². The van der Waals surface area contributed by atoms with Gasteiger partial charge in [-0.05, 0) is 48.0 Å². The van der Waals surface area contributed by atoms with Crippen LogP contribution in [0.2, 0.25) is 5.02 Å². The number of methoxy groups -OCH3 is 2. The Morgan fingerprint density at radius 2 is 1.96 bits per heavy atom. The number of carbonyl (C=O) groups excluding carboxylic acids is 1. The minimum atomic E-state index is -0.258. The van der Waals surface area contributed by atoms with Crippen LogP contribution >= 0.6 is 11.6 Å². The number of carbonyl (C=O) groups is 1. The van der Waals surface area contributed by atoms with Crippen molar-refractivity contribution in [1.82, 2.24) is 9.97 Å². The molecule has 0 radical (unpaired) electrons. The molecule has 0 aliphatic rings. The monoisotopic (exact) mass is 383 g/mol. The first-order valence-corrected chi connectivity index (χ1v) is 8.49. The van der Waals surface area contributed by atoms with Crippen molar-refractivity contribution in [2.75, 3.05) is 19.5 Å². The number of halogens is 1. The number of benzene rings is 2. The van der Waals surface area contributed by atoms with Gasteiger partial charge < -0.3 is 19.8 Å². The molecule has 6 nitrogen and oxygen atoms in total. The molecule has 2 aromatic carbocycles. The summed E-state index contributed by atoms with van der Waals surface area (Å²) in [5.41, 5.74) is 2.35. The van der Waals surface area contributed by atoms with Crippen molar-refractivity contribution in [2.45, 2.75) is 0 Å². The van der Waals surface area contributed by atoms with Crippen LogP contribution in [0.5, 0.6) is 11.5 Å². The summed E-state index contributed by atoms with van der Waals surface area (Å²) >= 11 is 6.17. The van der Waals surface area contributed by atoms with Crippen LogP contribution in [-0.2, 0) is 4.79 Å². The molecule has 0 atom stereocenters.